The Hall–Kier alpha value is -1.56. The van der Waals surface area contributed by atoms with Crippen molar-refractivity contribution in [2.45, 2.75) is 106 Å². The Kier molecular flexibility index (Phi) is 6.49. The van der Waals surface area contributed by atoms with Gasteiger partial charge in [0.15, 0.2) is 0 Å². The van der Waals surface area contributed by atoms with E-state index in [9.17, 15) is 0 Å². The molecular formula is C29H44. The summed E-state index contributed by atoms with van der Waals surface area (Å²) in [6.07, 6.45) is 1.13. The summed E-state index contributed by atoms with van der Waals surface area (Å²) in [7, 11) is 0. The fourth-order valence-corrected chi connectivity index (χ4v) is 3.81. The second-order valence-corrected chi connectivity index (χ2v) is 12.5. The van der Waals surface area contributed by atoms with Crippen molar-refractivity contribution < 1.29 is 0 Å². The van der Waals surface area contributed by atoms with Gasteiger partial charge in [0.2, 0.25) is 0 Å². The highest BCUT2D eigenvalue weighted by Gasteiger charge is 2.23. The maximum Gasteiger partial charge on any atom is -0.0132 e. The predicted octanol–water partition coefficient (Wildman–Crippen LogP) is 8.75. The van der Waals surface area contributed by atoms with Crippen LogP contribution in [0.25, 0.3) is 11.1 Å². The van der Waals surface area contributed by atoms with Gasteiger partial charge in [-0.3, -0.25) is 0 Å². The molecule has 0 saturated heterocycles. The summed E-state index contributed by atoms with van der Waals surface area (Å²) in [6.45, 7) is 27.9. The third-order valence-electron chi connectivity index (χ3n) is 5.99. The van der Waals surface area contributed by atoms with Gasteiger partial charge in [0.05, 0.1) is 0 Å². The Labute approximate surface area is 181 Å². The van der Waals surface area contributed by atoms with E-state index >= 15 is 0 Å². The number of rotatable bonds is 3. The van der Waals surface area contributed by atoms with Gasteiger partial charge in [-0.25, -0.2) is 0 Å². The minimum atomic E-state index is 0.131. The highest BCUT2D eigenvalue weighted by molar-refractivity contribution is 5.72. The van der Waals surface area contributed by atoms with Gasteiger partial charge in [0, 0.05) is 0 Å². The SMILES string of the molecule is Cc1c(CC(C)C)cc(C(C)(C)C)cc1-c1cc(C(C)(C)C)cc(C(C)(C)C)c1. The van der Waals surface area contributed by atoms with Gasteiger partial charge in [-0.2, -0.15) is 0 Å². The monoisotopic (exact) mass is 392 g/mol. The van der Waals surface area contributed by atoms with Crippen molar-refractivity contribution in [2.24, 2.45) is 5.92 Å². The van der Waals surface area contributed by atoms with Crippen molar-refractivity contribution in [1.82, 2.24) is 0 Å². The molecule has 0 nitrogen and oxygen atoms in total. The van der Waals surface area contributed by atoms with E-state index < -0.39 is 0 Å². The summed E-state index contributed by atoms with van der Waals surface area (Å²) in [5, 5.41) is 0. The van der Waals surface area contributed by atoms with Crippen molar-refractivity contribution >= 4 is 0 Å². The van der Waals surface area contributed by atoms with Crippen LogP contribution in [0.4, 0.5) is 0 Å². The summed E-state index contributed by atoms with van der Waals surface area (Å²) in [5.74, 6) is 0.655. The summed E-state index contributed by atoms with van der Waals surface area (Å²) in [6, 6.07) is 12.2. The number of hydrogen-bond donors (Lipinski definition) is 0. The molecule has 0 heteroatoms. The quantitative estimate of drug-likeness (QED) is 0.489. The molecule has 0 bridgehead atoms. The molecule has 0 aromatic heterocycles. The minimum Gasteiger partial charge on any atom is -0.0625 e. The van der Waals surface area contributed by atoms with Crippen LogP contribution in [-0.2, 0) is 22.7 Å². The molecule has 2 rings (SSSR count). The van der Waals surface area contributed by atoms with E-state index in [2.05, 4.69) is 113 Å². The van der Waals surface area contributed by atoms with E-state index in [1.54, 1.807) is 0 Å². The van der Waals surface area contributed by atoms with Crippen LogP contribution in [0.2, 0.25) is 0 Å². The van der Waals surface area contributed by atoms with E-state index in [1.807, 2.05) is 0 Å². The average Bonchev–Trinajstić information content (AvgIpc) is 2.53. The molecule has 0 fully saturated rings. The maximum atomic E-state index is 2.46. The number of benzene rings is 2. The molecule has 2 aromatic carbocycles. The van der Waals surface area contributed by atoms with E-state index in [4.69, 9.17) is 0 Å². The van der Waals surface area contributed by atoms with Gasteiger partial charge in [-0.1, -0.05) is 106 Å². The molecule has 0 amide bonds. The average molecular weight is 393 g/mol. The van der Waals surface area contributed by atoms with Crippen LogP contribution in [0.3, 0.4) is 0 Å². The molecule has 29 heavy (non-hydrogen) atoms. The van der Waals surface area contributed by atoms with Gasteiger partial charge in [0.1, 0.15) is 0 Å². The molecule has 0 spiro atoms. The Morgan fingerprint density at radius 1 is 0.621 bits per heavy atom. The van der Waals surface area contributed by atoms with Gasteiger partial charge in [0.25, 0.3) is 0 Å². The van der Waals surface area contributed by atoms with Crippen molar-refractivity contribution in [3.63, 3.8) is 0 Å². The lowest BCUT2D eigenvalue weighted by atomic mass is 9.77. The van der Waals surface area contributed by atoms with Crippen LogP contribution in [0, 0.1) is 12.8 Å². The first-order valence-corrected chi connectivity index (χ1v) is 11.3. The molecule has 0 atom stereocenters. The second kappa shape index (κ2) is 7.93. The van der Waals surface area contributed by atoms with Crippen LogP contribution < -0.4 is 0 Å². The lowest BCUT2D eigenvalue weighted by Gasteiger charge is -2.28. The fraction of sp³-hybridized carbons (Fsp3) is 0.586. The third-order valence-corrected chi connectivity index (χ3v) is 5.99. The highest BCUT2D eigenvalue weighted by Crippen LogP contribution is 2.38. The van der Waals surface area contributed by atoms with Crippen LogP contribution in [-0.4, -0.2) is 0 Å². The van der Waals surface area contributed by atoms with Gasteiger partial charge < -0.3 is 0 Å². The molecule has 0 saturated carbocycles. The van der Waals surface area contributed by atoms with Crippen LogP contribution in [0.1, 0.15) is 104 Å². The molecule has 0 radical (unpaired) electrons. The first-order chi connectivity index (χ1) is 13.0. The van der Waals surface area contributed by atoms with Crippen molar-refractivity contribution in [2.75, 3.05) is 0 Å². The zero-order valence-corrected chi connectivity index (χ0v) is 21.2. The van der Waals surface area contributed by atoms with E-state index in [0.29, 0.717) is 5.92 Å². The van der Waals surface area contributed by atoms with Crippen molar-refractivity contribution in [3.05, 3.63) is 58.1 Å². The highest BCUT2D eigenvalue weighted by atomic mass is 14.3. The summed E-state index contributed by atoms with van der Waals surface area (Å²) >= 11 is 0. The lowest BCUT2D eigenvalue weighted by molar-refractivity contribution is 0.569. The van der Waals surface area contributed by atoms with Crippen LogP contribution in [0.5, 0.6) is 0 Å². The molecule has 0 heterocycles. The predicted molar refractivity (Wildman–Crippen MR) is 131 cm³/mol. The second-order valence-electron chi connectivity index (χ2n) is 12.5. The van der Waals surface area contributed by atoms with Crippen molar-refractivity contribution in [1.29, 1.82) is 0 Å². The largest absolute Gasteiger partial charge is 0.0625 e. The Balaban J connectivity index is 2.85. The summed E-state index contributed by atoms with van der Waals surface area (Å²) in [4.78, 5) is 0. The maximum absolute atomic E-state index is 2.46. The first kappa shape index (κ1) is 23.7. The lowest BCUT2D eigenvalue weighted by Crippen LogP contribution is -2.17. The normalized spacial score (nSPS) is 13.3. The van der Waals surface area contributed by atoms with Gasteiger partial charge >= 0.3 is 0 Å². The Morgan fingerprint density at radius 3 is 1.41 bits per heavy atom. The minimum absolute atomic E-state index is 0.131. The zero-order valence-electron chi connectivity index (χ0n) is 21.2. The first-order valence-electron chi connectivity index (χ1n) is 11.3. The van der Waals surface area contributed by atoms with E-state index in [0.717, 1.165) is 6.42 Å². The zero-order chi connectivity index (χ0) is 22.4. The summed E-state index contributed by atoms with van der Waals surface area (Å²) in [5.41, 5.74) is 10.4. The molecular weight excluding hydrogens is 348 g/mol. The molecule has 2 aromatic rings. The Morgan fingerprint density at radius 2 is 1.03 bits per heavy atom. The molecule has 0 aliphatic rings. The smallest absolute Gasteiger partial charge is 0.0132 e. The van der Waals surface area contributed by atoms with Gasteiger partial charge in [-0.15, -0.1) is 0 Å². The van der Waals surface area contributed by atoms with Crippen LogP contribution >= 0.6 is 0 Å². The summed E-state index contributed by atoms with van der Waals surface area (Å²) < 4.78 is 0. The topological polar surface area (TPSA) is 0 Å². The van der Waals surface area contributed by atoms with E-state index in [1.165, 1.54) is 38.9 Å². The molecule has 0 N–H and O–H groups in total. The standard InChI is InChI=1S/C29H44/c1-19(2)13-21-14-25(29(10,11)12)18-26(20(21)3)22-15-23(27(4,5)6)17-24(16-22)28(7,8)9/h14-19H,13H2,1-12H3. The van der Waals surface area contributed by atoms with Crippen molar-refractivity contribution in [3.8, 4) is 11.1 Å². The third kappa shape index (κ3) is 5.74. The fourth-order valence-electron chi connectivity index (χ4n) is 3.81. The van der Waals surface area contributed by atoms with Crippen LogP contribution in [0.15, 0.2) is 30.3 Å². The molecule has 0 aliphatic heterocycles. The van der Waals surface area contributed by atoms with E-state index in [-0.39, 0.29) is 16.2 Å². The molecule has 0 unspecified atom stereocenters. The molecule has 160 valence electrons. The Bertz CT molecular complexity index is 826. The number of hydrogen-bond acceptors (Lipinski definition) is 0. The molecule has 0 aliphatic carbocycles. The van der Waals surface area contributed by atoms with Gasteiger partial charge in [-0.05, 0) is 74.5 Å².